The van der Waals surface area contributed by atoms with Crippen LogP contribution in [0.15, 0.2) is 48.5 Å². The number of anilines is 1. The van der Waals surface area contributed by atoms with Crippen LogP contribution in [0.5, 0.6) is 0 Å². The van der Waals surface area contributed by atoms with Gasteiger partial charge in [0.2, 0.25) is 0 Å². The van der Waals surface area contributed by atoms with Gasteiger partial charge in [-0.05, 0) is 35.7 Å². The molecule has 4 heteroatoms. The number of carbonyl (C=O) groups is 1. The maximum absolute atomic E-state index is 13.3. The number of hydrogen-bond donors (Lipinski definition) is 2. The Morgan fingerprint density at radius 1 is 1.16 bits per heavy atom. The zero-order valence-corrected chi connectivity index (χ0v) is 10.3. The Balaban J connectivity index is 2.22. The molecule has 2 aromatic carbocycles. The molecule has 98 valence electrons. The van der Waals surface area contributed by atoms with Gasteiger partial charge in [-0.3, -0.25) is 4.79 Å². The predicted molar refractivity (Wildman–Crippen MR) is 71.8 cm³/mol. The van der Waals surface area contributed by atoms with Crippen LogP contribution >= 0.6 is 0 Å². The van der Waals surface area contributed by atoms with Crippen LogP contribution in [0.4, 0.5) is 10.1 Å². The summed E-state index contributed by atoms with van der Waals surface area (Å²) >= 11 is 0. The van der Waals surface area contributed by atoms with E-state index in [9.17, 15) is 9.18 Å². The monoisotopic (exact) mass is 259 g/mol. The first-order valence-corrected chi connectivity index (χ1v) is 5.93. The molecule has 2 N–H and O–H groups in total. The van der Waals surface area contributed by atoms with Gasteiger partial charge < -0.3 is 10.4 Å². The quantitative estimate of drug-likeness (QED) is 0.868. The lowest BCUT2D eigenvalue weighted by Crippen LogP contribution is -2.13. The molecule has 0 aromatic heterocycles. The van der Waals surface area contributed by atoms with E-state index in [-0.39, 0.29) is 12.4 Å². The normalized spacial score (nSPS) is 10.2. The van der Waals surface area contributed by atoms with Gasteiger partial charge in [-0.2, -0.15) is 0 Å². The van der Waals surface area contributed by atoms with Crippen LogP contribution < -0.4 is 5.32 Å². The molecule has 0 unspecified atom stereocenters. The SMILES string of the molecule is O=C(O)CNc1ccc(F)cc1Cc1ccccc1. The summed E-state index contributed by atoms with van der Waals surface area (Å²) in [6, 6.07) is 14.0. The Labute approximate surface area is 110 Å². The minimum absolute atomic E-state index is 0.187. The molecule has 0 fully saturated rings. The Hall–Kier alpha value is -2.36. The van der Waals surface area contributed by atoms with E-state index in [0.717, 1.165) is 11.1 Å². The fourth-order valence-corrected chi connectivity index (χ4v) is 1.87. The van der Waals surface area contributed by atoms with Crippen molar-refractivity contribution in [1.82, 2.24) is 0 Å². The molecule has 0 aliphatic rings. The van der Waals surface area contributed by atoms with Crippen molar-refractivity contribution in [3.8, 4) is 0 Å². The highest BCUT2D eigenvalue weighted by molar-refractivity contribution is 5.73. The van der Waals surface area contributed by atoms with Crippen LogP contribution in [0.25, 0.3) is 0 Å². The fraction of sp³-hybridized carbons (Fsp3) is 0.133. The van der Waals surface area contributed by atoms with Crippen LogP contribution in [-0.4, -0.2) is 17.6 Å². The number of hydrogen-bond acceptors (Lipinski definition) is 2. The molecule has 0 heterocycles. The van der Waals surface area contributed by atoms with Crippen molar-refractivity contribution in [2.75, 3.05) is 11.9 Å². The summed E-state index contributed by atoms with van der Waals surface area (Å²) in [5.74, 6) is -1.28. The number of aliphatic carboxylic acids is 1. The maximum Gasteiger partial charge on any atom is 0.322 e. The van der Waals surface area contributed by atoms with Gasteiger partial charge in [0.25, 0.3) is 0 Å². The van der Waals surface area contributed by atoms with Gasteiger partial charge in [-0.25, -0.2) is 4.39 Å². The average Bonchev–Trinajstić information content (AvgIpc) is 2.39. The smallest absolute Gasteiger partial charge is 0.322 e. The summed E-state index contributed by atoms with van der Waals surface area (Å²) in [6.45, 7) is -0.187. The summed E-state index contributed by atoms with van der Waals surface area (Å²) in [5.41, 5.74) is 2.44. The van der Waals surface area contributed by atoms with Gasteiger partial charge in [-0.1, -0.05) is 30.3 Å². The lowest BCUT2D eigenvalue weighted by Gasteiger charge is -2.11. The second kappa shape index (κ2) is 6.00. The minimum Gasteiger partial charge on any atom is -0.480 e. The van der Waals surface area contributed by atoms with E-state index in [1.165, 1.54) is 12.1 Å². The van der Waals surface area contributed by atoms with Crippen LogP contribution in [-0.2, 0) is 11.2 Å². The fourth-order valence-electron chi connectivity index (χ4n) is 1.87. The topological polar surface area (TPSA) is 49.3 Å². The summed E-state index contributed by atoms with van der Waals surface area (Å²) in [4.78, 5) is 10.6. The van der Waals surface area contributed by atoms with E-state index < -0.39 is 5.97 Å². The molecule has 0 aliphatic heterocycles. The van der Waals surface area contributed by atoms with Gasteiger partial charge in [-0.15, -0.1) is 0 Å². The molecule has 0 atom stereocenters. The number of carboxylic acids is 1. The highest BCUT2D eigenvalue weighted by Crippen LogP contribution is 2.20. The zero-order chi connectivity index (χ0) is 13.7. The largest absolute Gasteiger partial charge is 0.480 e. The summed E-state index contributed by atoms with van der Waals surface area (Å²) in [7, 11) is 0. The van der Waals surface area contributed by atoms with Crippen molar-refractivity contribution >= 4 is 11.7 Å². The number of carboxylic acid groups (broad SMARTS) is 1. The first kappa shape index (κ1) is 13.1. The molecule has 0 radical (unpaired) electrons. The highest BCUT2D eigenvalue weighted by Gasteiger charge is 2.06. The van der Waals surface area contributed by atoms with Crippen LogP contribution in [0.2, 0.25) is 0 Å². The van der Waals surface area contributed by atoms with Crippen molar-refractivity contribution in [2.45, 2.75) is 6.42 Å². The molecule has 0 saturated heterocycles. The molecule has 0 aliphatic carbocycles. The third-order valence-corrected chi connectivity index (χ3v) is 2.73. The van der Waals surface area contributed by atoms with E-state index in [0.29, 0.717) is 12.1 Å². The third kappa shape index (κ3) is 3.81. The molecule has 0 bridgehead atoms. The lowest BCUT2D eigenvalue weighted by atomic mass is 10.0. The van der Waals surface area contributed by atoms with Crippen LogP contribution in [0.1, 0.15) is 11.1 Å². The van der Waals surface area contributed by atoms with E-state index in [4.69, 9.17) is 5.11 Å². The van der Waals surface area contributed by atoms with Crippen molar-refractivity contribution in [2.24, 2.45) is 0 Å². The number of nitrogens with one attached hydrogen (secondary N) is 1. The second-order valence-corrected chi connectivity index (χ2v) is 4.21. The molecule has 3 nitrogen and oxygen atoms in total. The molecule has 0 amide bonds. The van der Waals surface area contributed by atoms with E-state index in [1.807, 2.05) is 30.3 Å². The van der Waals surface area contributed by atoms with Crippen molar-refractivity contribution in [1.29, 1.82) is 0 Å². The van der Waals surface area contributed by atoms with Gasteiger partial charge in [0.05, 0.1) is 0 Å². The Morgan fingerprint density at radius 2 is 1.89 bits per heavy atom. The van der Waals surface area contributed by atoms with Crippen molar-refractivity contribution in [3.63, 3.8) is 0 Å². The third-order valence-electron chi connectivity index (χ3n) is 2.73. The summed E-state index contributed by atoms with van der Waals surface area (Å²) in [6.07, 6.45) is 0.556. The molecule has 0 saturated carbocycles. The van der Waals surface area contributed by atoms with Gasteiger partial charge in [0.1, 0.15) is 12.4 Å². The first-order chi connectivity index (χ1) is 9.15. The maximum atomic E-state index is 13.3. The van der Waals surface area contributed by atoms with Gasteiger partial charge >= 0.3 is 5.97 Å². The van der Waals surface area contributed by atoms with Gasteiger partial charge in [0, 0.05) is 5.69 Å². The molecular weight excluding hydrogens is 245 g/mol. The number of benzene rings is 2. The standard InChI is InChI=1S/C15H14FNO2/c16-13-6-7-14(17-10-15(18)19)12(9-13)8-11-4-2-1-3-5-11/h1-7,9,17H,8,10H2,(H,18,19). The molecule has 0 spiro atoms. The van der Waals surface area contributed by atoms with Crippen molar-refractivity contribution < 1.29 is 14.3 Å². The van der Waals surface area contributed by atoms with E-state index in [2.05, 4.69) is 5.32 Å². The summed E-state index contributed by atoms with van der Waals surface area (Å²) in [5, 5.41) is 11.5. The van der Waals surface area contributed by atoms with Gasteiger partial charge in [0.15, 0.2) is 0 Å². The molecular formula is C15H14FNO2. The Kier molecular flexibility index (Phi) is 4.13. The molecule has 2 aromatic rings. The zero-order valence-electron chi connectivity index (χ0n) is 10.3. The highest BCUT2D eigenvalue weighted by atomic mass is 19.1. The van der Waals surface area contributed by atoms with Crippen molar-refractivity contribution in [3.05, 3.63) is 65.5 Å². The number of halogens is 1. The van der Waals surface area contributed by atoms with E-state index in [1.54, 1.807) is 6.07 Å². The van der Waals surface area contributed by atoms with Crippen LogP contribution in [0, 0.1) is 5.82 Å². The average molecular weight is 259 g/mol. The molecule has 19 heavy (non-hydrogen) atoms. The van der Waals surface area contributed by atoms with E-state index >= 15 is 0 Å². The Bertz CT molecular complexity index is 570. The van der Waals surface area contributed by atoms with Crippen LogP contribution in [0.3, 0.4) is 0 Å². The first-order valence-electron chi connectivity index (χ1n) is 5.93. The Morgan fingerprint density at radius 3 is 2.58 bits per heavy atom. The minimum atomic E-state index is -0.949. The second-order valence-electron chi connectivity index (χ2n) is 4.21. The summed E-state index contributed by atoms with van der Waals surface area (Å²) < 4.78 is 13.3. The predicted octanol–water partition coefficient (Wildman–Crippen LogP) is 2.91. The molecule has 2 rings (SSSR count). The number of rotatable bonds is 5. The lowest BCUT2D eigenvalue weighted by molar-refractivity contribution is -0.134.